The van der Waals surface area contributed by atoms with Gasteiger partial charge in [-0.2, -0.15) is 0 Å². The number of rotatable bonds is 6. The second-order valence-electron chi connectivity index (χ2n) is 14.0. The Kier molecular flexibility index (Phi) is 7.42. The molecule has 0 unspecified atom stereocenters. The highest BCUT2D eigenvalue weighted by atomic mass is 15.1. The summed E-state index contributed by atoms with van der Waals surface area (Å²) in [6.45, 7) is 0. The van der Waals surface area contributed by atoms with E-state index in [1.165, 1.54) is 27.1 Å². The highest BCUT2D eigenvalue weighted by Gasteiger charge is 2.23. The summed E-state index contributed by atoms with van der Waals surface area (Å²) in [5.74, 6) is 1.87. The normalized spacial score (nSPS) is 11.6. The molecule has 0 aliphatic rings. The van der Waals surface area contributed by atoms with Crippen LogP contribution in [-0.2, 0) is 0 Å². The summed E-state index contributed by atoms with van der Waals surface area (Å²) in [6, 6.07) is 70.4. The van der Waals surface area contributed by atoms with E-state index in [4.69, 9.17) is 15.0 Å². The van der Waals surface area contributed by atoms with Crippen molar-refractivity contribution in [1.82, 2.24) is 24.1 Å². The number of aromatic nitrogens is 5. The van der Waals surface area contributed by atoms with Crippen LogP contribution in [0.2, 0.25) is 0 Å². The molecule has 3 aromatic heterocycles. The molecule has 56 heavy (non-hydrogen) atoms. The van der Waals surface area contributed by atoms with Gasteiger partial charge in [0.1, 0.15) is 0 Å². The van der Waals surface area contributed by atoms with Gasteiger partial charge >= 0.3 is 0 Å². The Morgan fingerprint density at radius 3 is 1.32 bits per heavy atom. The topological polar surface area (TPSA) is 48.5 Å². The lowest BCUT2D eigenvalue weighted by atomic mass is 9.97. The lowest BCUT2D eigenvalue weighted by Gasteiger charge is -2.19. The minimum Gasteiger partial charge on any atom is -0.309 e. The van der Waals surface area contributed by atoms with Crippen LogP contribution in [0.4, 0.5) is 0 Å². The molecule has 5 nitrogen and oxygen atoms in total. The van der Waals surface area contributed by atoms with Gasteiger partial charge in [-0.1, -0.05) is 152 Å². The maximum atomic E-state index is 5.25. The van der Waals surface area contributed by atoms with E-state index in [-0.39, 0.29) is 0 Å². The van der Waals surface area contributed by atoms with Crippen molar-refractivity contribution in [3.63, 3.8) is 0 Å². The molecule has 11 rings (SSSR count). The zero-order chi connectivity index (χ0) is 37.0. The van der Waals surface area contributed by atoms with Gasteiger partial charge < -0.3 is 9.13 Å². The number of benzene rings is 8. The molecule has 0 N–H and O–H groups in total. The third-order valence-corrected chi connectivity index (χ3v) is 10.8. The maximum Gasteiger partial charge on any atom is 0.166 e. The lowest BCUT2D eigenvalue weighted by molar-refractivity contribution is 1.06. The Hall–Kier alpha value is -7.63. The molecule has 0 saturated carbocycles. The molecular weight excluding hydrogens is 683 g/mol. The summed E-state index contributed by atoms with van der Waals surface area (Å²) in [5.41, 5.74) is 11.7. The molecule has 0 radical (unpaired) electrons. The average molecular weight is 716 g/mol. The molecule has 0 bridgehead atoms. The smallest absolute Gasteiger partial charge is 0.166 e. The molecule has 0 spiro atoms. The quantitative estimate of drug-likeness (QED) is 0.172. The molecule has 11 aromatic rings. The largest absolute Gasteiger partial charge is 0.309 e. The summed E-state index contributed by atoms with van der Waals surface area (Å²) in [5, 5.41) is 4.78. The molecule has 0 fully saturated rings. The van der Waals surface area contributed by atoms with Crippen LogP contribution < -0.4 is 0 Å². The second kappa shape index (κ2) is 13.0. The van der Waals surface area contributed by atoms with Crippen LogP contribution in [0, 0.1) is 0 Å². The molecule has 8 aromatic carbocycles. The van der Waals surface area contributed by atoms with E-state index in [2.05, 4.69) is 173 Å². The SMILES string of the molecule is c1ccc(-c2nc(-c3ccccc3)nc(-c3cccc(-c4ccc5c(c4)c4ccccc4n5-c4ccccc4)c3-n3c4ccccc4c4ccccc43)n2)cc1. The molecule has 0 aliphatic carbocycles. The third-order valence-electron chi connectivity index (χ3n) is 10.8. The van der Waals surface area contributed by atoms with Gasteiger partial charge in [0.05, 0.1) is 27.8 Å². The molecule has 0 atom stereocenters. The van der Waals surface area contributed by atoms with Crippen LogP contribution in [0.15, 0.2) is 200 Å². The predicted octanol–water partition coefficient (Wildman–Crippen LogP) is 12.7. The molecule has 262 valence electrons. The van der Waals surface area contributed by atoms with Crippen molar-refractivity contribution in [2.45, 2.75) is 0 Å². The first kappa shape index (κ1) is 31.9. The molecule has 0 aliphatic heterocycles. The Morgan fingerprint density at radius 2 is 0.732 bits per heavy atom. The highest BCUT2D eigenvalue weighted by molar-refractivity contribution is 6.12. The zero-order valence-corrected chi connectivity index (χ0v) is 30.3. The molecule has 0 saturated heterocycles. The number of hydrogen-bond acceptors (Lipinski definition) is 3. The highest BCUT2D eigenvalue weighted by Crippen LogP contribution is 2.43. The molecule has 0 amide bonds. The van der Waals surface area contributed by atoms with E-state index < -0.39 is 0 Å². The summed E-state index contributed by atoms with van der Waals surface area (Å²) < 4.78 is 4.76. The first-order valence-electron chi connectivity index (χ1n) is 18.9. The minimum absolute atomic E-state index is 0.609. The van der Waals surface area contributed by atoms with Crippen molar-refractivity contribution >= 4 is 43.6 Å². The average Bonchev–Trinajstić information content (AvgIpc) is 3.79. The van der Waals surface area contributed by atoms with Crippen molar-refractivity contribution in [2.24, 2.45) is 0 Å². The van der Waals surface area contributed by atoms with Gasteiger partial charge in [0.25, 0.3) is 0 Å². The van der Waals surface area contributed by atoms with E-state index in [1.807, 2.05) is 36.4 Å². The van der Waals surface area contributed by atoms with Crippen LogP contribution in [-0.4, -0.2) is 24.1 Å². The van der Waals surface area contributed by atoms with Crippen molar-refractivity contribution in [2.75, 3.05) is 0 Å². The Balaban J connectivity index is 1.24. The Labute approximate surface area is 323 Å². The van der Waals surface area contributed by atoms with Crippen LogP contribution in [0.25, 0.3) is 100 Å². The molecule has 5 heteroatoms. The van der Waals surface area contributed by atoms with E-state index in [9.17, 15) is 0 Å². The number of nitrogens with zero attached hydrogens (tertiary/aromatic N) is 5. The first-order valence-corrected chi connectivity index (χ1v) is 18.9. The van der Waals surface area contributed by atoms with Crippen molar-refractivity contribution in [3.05, 3.63) is 200 Å². The molecule has 3 heterocycles. The monoisotopic (exact) mass is 715 g/mol. The van der Waals surface area contributed by atoms with Crippen LogP contribution in [0.1, 0.15) is 0 Å². The summed E-state index contributed by atoms with van der Waals surface area (Å²) in [6.07, 6.45) is 0. The third kappa shape index (κ3) is 5.13. The lowest BCUT2D eigenvalue weighted by Crippen LogP contribution is -2.05. The zero-order valence-electron chi connectivity index (χ0n) is 30.3. The fourth-order valence-electron chi connectivity index (χ4n) is 8.29. The van der Waals surface area contributed by atoms with Gasteiger partial charge in [0.2, 0.25) is 0 Å². The first-order chi connectivity index (χ1) is 27.8. The van der Waals surface area contributed by atoms with Crippen LogP contribution >= 0.6 is 0 Å². The van der Waals surface area contributed by atoms with Crippen molar-refractivity contribution in [1.29, 1.82) is 0 Å². The van der Waals surface area contributed by atoms with E-state index >= 15 is 0 Å². The van der Waals surface area contributed by atoms with Gasteiger partial charge in [-0.3, -0.25) is 0 Å². The van der Waals surface area contributed by atoms with E-state index in [1.54, 1.807) is 0 Å². The van der Waals surface area contributed by atoms with Crippen LogP contribution in [0.3, 0.4) is 0 Å². The van der Waals surface area contributed by atoms with E-state index in [0.29, 0.717) is 17.5 Å². The van der Waals surface area contributed by atoms with Crippen LogP contribution in [0.5, 0.6) is 0 Å². The predicted molar refractivity (Wildman–Crippen MR) is 230 cm³/mol. The number of hydrogen-bond donors (Lipinski definition) is 0. The van der Waals surface area contributed by atoms with Gasteiger partial charge in [-0.05, 0) is 54.1 Å². The summed E-state index contributed by atoms with van der Waals surface area (Å²) in [7, 11) is 0. The van der Waals surface area contributed by atoms with Crippen molar-refractivity contribution < 1.29 is 0 Å². The maximum absolute atomic E-state index is 5.25. The van der Waals surface area contributed by atoms with E-state index in [0.717, 1.165) is 55.7 Å². The van der Waals surface area contributed by atoms with Gasteiger partial charge in [0, 0.05) is 49.5 Å². The minimum atomic E-state index is 0.609. The van der Waals surface area contributed by atoms with Gasteiger partial charge in [-0.15, -0.1) is 0 Å². The molecular formula is C51H33N5. The fourth-order valence-corrected chi connectivity index (χ4v) is 8.29. The number of fused-ring (bicyclic) bond motifs is 6. The standard InChI is InChI=1S/C51H33N5/c1-4-17-34(18-5-1)49-52-50(35-19-6-2-7-20-35)54-51(53-49)42-27-16-26-38(48(42)56-45-29-14-10-23-39(45)40-24-11-15-30-46(40)56)36-31-32-47-43(33-36)41-25-12-13-28-44(41)55(47)37-21-8-3-9-22-37/h1-33H. The Morgan fingerprint density at radius 1 is 0.286 bits per heavy atom. The number of para-hydroxylation sites is 5. The second-order valence-corrected chi connectivity index (χ2v) is 14.0. The fraction of sp³-hybridized carbons (Fsp3) is 0. The van der Waals surface area contributed by atoms with Gasteiger partial charge in [0.15, 0.2) is 17.5 Å². The Bertz CT molecular complexity index is 3120. The summed E-state index contributed by atoms with van der Waals surface area (Å²) >= 11 is 0. The van der Waals surface area contributed by atoms with Gasteiger partial charge in [-0.25, -0.2) is 15.0 Å². The summed E-state index contributed by atoms with van der Waals surface area (Å²) in [4.78, 5) is 15.5. The van der Waals surface area contributed by atoms with Crippen molar-refractivity contribution in [3.8, 4) is 56.7 Å².